The second-order valence-electron chi connectivity index (χ2n) is 11.2. The smallest absolute Gasteiger partial charge is 0.310 e. The SMILES string of the molecule is CCOC(=O)C1CCCN(C(=O)C[S@@](=O)(=NC(=O)c2cncc(-c3cccc(NC(=O)c4occc4C)c3)c2)C2C=CC=CC2)C1. The van der Waals surface area contributed by atoms with Gasteiger partial charge in [0.1, 0.15) is 5.75 Å². The first-order valence-electron chi connectivity index (χ1n) is 15.1. The van der Waals surface area contributed by atoms with E-state index in [0.717, 1.165) is 0 Å². The van der Waals surface area contributed by atoms with Gasteiger partial charge in [-0.05, 0) is 62.9 Å². The van der Waals surface area contributed by atoms with Crippen LogP contribution in [0.2, 0.25) is 0 Å². The van der Waals surface area contributed by atoms with Crippen LogP contribution in [0.25, 0.3) is 11.1 Å². The van der Waals surface area contributed by atoms with Crippen LogP contribution in [0, 0.1) is 12.8 Å². The van der Waals surface area contributed by atoms with Crippen LogP contribution in [0.5, 0.6) is 0 Å². The summed E-state index contributed by atoms with van der Waals surface area (Å²) in [5.41, 5.74) is 2.58. The minimum absolute atomic E-state index is 0.106. The minimum atomic E-state index is -3.41. The lowest BCUT2D eigenvalue weighted by Crippen LogP contribution is -2.45. The number of benzene rings is 1. The zero-order valence-corrected chi connectivity index (χ0v) is 26.5. The van der Waals surface area contributed by atoms with E-state index in [9.17, 15) is 23.4 Å². The molecule has 5 rings (SSSR count). The molecule has 0 radical (unpaired) electrons. The highest BCUT2D eigenvalue weighted by atomic mass is 32.2. The maximum atomic E-state index is 14.4. The largest absolute Gasteiger partial charge is 0.466 e. The van der Waals surface area contributed by atoms with E-state index < -0.39 is 44.4 Å². The number of hydrogen-bond donors (Lipinski definition) is 1. The predicted octanol–water partition coefficient (Wildman–Crippen LogP) is 5.20. The first-order chi connectivity index (χ1) is 22.2. The van der Waals surface area contributed by atoms with Gasteiger partial charge in [0.2, 0.25) is 5.91 Å². The summed E-state index contributed by atoms with van der Waals surface area (Å²) in [6.07, 6.45) is 13.0. The van der Waals surface area contributed by atoms with Crippen LogP contribution >= 0.6 is 0 Å². The normalized spacial score (nSPS) is 18.8. The lowest BCUT2D eigenvalue weighted by atomic mass is 9.98. The zero-order chi connectivity index (χ0) is 32.7. The fourth-order valence-corrected chi connectivity index (χ4v) is 7.52. The molecule has 1 aromatic carbocycles. The standard InChI is InChI=1S/C34H36N4O7S/c1-3-44-34(42)25-10-8-15-38(21-25)30(39)22-46(43,29-12-5-4-6-13-29)37-32(40)27-17-26(19-35-20-27)24-9-7-11-28(18-24)36-33(41)31-23(2)14-16-45-31/h4-7,9,11-12,14,16-20,25,29H,3,8,10,13,15,21-22H2,1-2H3,(H,36,41)/t25?,29?,46-/m0/s1. The number of pyridine rings is 1. The molecule has 1 fully saturated rings. The summed E-state index contributed by atoms with van der Waals surface area (Å²) < 4.78 is 29.1. The minimum Gasteiger partial charge on any atom is -0.466 e. The van der Waals surface area contributed by atoms with E-state index in [4.69, 9.17) is 9.15 Å². The molecule has 3 atom stereocenters. The highest BCUT2D eigenvalue weighted by Gasteiger charge is 2.33. The van der Waals surface area contributed by atoms with E-state index in [1.165, 1.54) is 17.4 Å². The molecule has 240 valence electrons. The molecule has 46 heavy (non-hydrogen) atoms. The molecule has 11 nitrogen and oxygen atoms in total. The van der Waals surface area contributed by atoms with Gasteiger partial charge in [-0.25, -0.2) is 4.21 Å². The maximum Gasteiger partial charge on any atom is 0.310 e. The van der Waals surface area contributed by atoms with Gasteiger partial charge in [-0.3, -0.25) is 24.2 Å². The van der Waals surface area contributed by atoms with Gasteiger partial charge >= 0.3 is 5.97 Å². The number of rotatable bonds is 9. The number of hydrogen-bond acceptors (Lipinski definition) is 8. The fourth-order valence-electron chi connectivity index (χ4n) is 5.44. The van der Waals surface area contributed by atoms with Crippen molar-refractivity contribution in [3.8, 4) is 11.1 Å². The topological polar surface area (TPSA) is 148 Å². The van der Waals surface area contributed by atoms with Gasteiger partial charge in [0, 0.05) is 42.3 Å². The Kier molecular flexibility index (Phi) is 10.3. The molecule has 1 aliphatic heterocycles. The van der Waals surface area contributed by atoms with Gasteiger partial charge in [0.05, 0.1) is 39.3 Å². The van der Waals surface area contributed by atoms with Gasteiger partial charge < -0.3 is 19.4 Å². The Morgan fingerprint density at radius 3 is 2.72 bits per heavy atom. The van der Waals surface area contributed by atoms with Crippen LogP contribution in [-0.2, 0) is 24.1 Å². The number of ether oxygens (including phenoxy) is 1. The average molecular weight is 645 g/mol. The number of carbonyl (C=O) groups excluding carboxylic acids is 4. The monoisotopic (exact) mass is 644 g/mol. The number of nitrogens with one attached hydrogen (secondary N) is 1. The Morgan fingerprint density at radius 2 is 1.98 bits per heavy atom. The number of allylic oxidation sites excluding steroid dienone is 3. The van der Waals surface area contributed by atoms with Crippen LogP contribution in [0.3, 0.4) is 0 Å². The number of likely N-dealkylation sites (tertiary alicyclic amines) is 1. The average Bonchev–Trinajstić information content (AvgIpc) is 3.51. The number of aromatic nitrogens is 1. The van der Waals surface area contributed by atoms with Crippen molar-refractivity contribution in [2.75, 3.05) is 30.8 Å². The summed E-state index contributed by atoms with van der Waals surface area (Å²) in [4.78, 5) is 57.7. The fraction of sp³-hybridized carbons (Fsp3) is 0.324. The molecule has 1 aliphatic carbocycles. The molecule has 1 saturated heterocycles. The number of nitrogens with zero attached hydrogens (tertiary/aromatic N) is 3. The summed E-state index contributed by atoms with van der Waals surface area (Å²) in [5, 5.41) is 2.16. The number of esters is 1. The van der Waals surface area contributed by atoms with Crippen LogP contribution in [-0.4, -0.2) is 68.5 Å². The number of amides is 3. The molecule has 3 aromatic rings. The highest BCUT2D eigenvalue weighted by Crippen LogP contribution is 2.26. The number of furan rings is 1. The summed E-state index contributed by atoms with van der Waals surface area (Å²) in [6.45, 7) is 4.36. The predicted molar refractivity (Wildman–Crippen MR) is 173 cm³/mol. The number of piperidine rings is 1. The maximum absolute atomic E-state index is 14.4. The molecule has 2 unspecified atom stereocenters. The molecular weight excluding hydrogens is 608 g/mol. The number of aryl methyl sites for hydroxylation is 1. The molecule has 0 spiro atoms. The quantitative estimate of drug-likeness (QED) is 0.313. The van der Waals surface area contributed by atoms with Crippen LogP contribution in [0.15, 0.2) is 88.1 Å². The molecule has 3 amide bonds. The Labute approximate surface area is 267 Å². The van der Waals surface area contributed by atoms with E-state index >= 15 is 0 Å². The third-order valence-corrected chi connectivity index (χ3v) is 10.3. The van der Waals surface area contributed by atoms with Gasteiger partial charge in [0.15, 0.2) is 5.76 Å². The third-order valence-electron chi connectivity index (χ3n) is 7.88. The molecular formula is C34H36N4O7S. The van der Waals surface area contributed by atoms with E-state index in [2.05, 4.69) is 14.7 Å². The van der Waals surface area contributed by atoms with Gasteiger partial charge in [-0.15, -0.1) is 0 Å². The Bertz CT molecular complexity index is 1820. The van der Waals surface area contributed by atoms with Crippen LogP contribution in [0.4, 0.5) is 5.69 Å². The van der Waals surface area contributed by atoms with Gasteiger partial charge in [0.25, 0.3) is 11.8 Å². The lowest BCUT2D eigenvalue weighted by molar-refractivity contribution is -0.151. The summed E-state index contributed by atoms with van der Waals surface area (Å²) in [7, 11) is -3.41. The second-order valence-corrected chi connectivity index (χ2v) is 13.6. The van der Waals surface area contributed by atoms with Gasteiger partial charge in [-0.1, -0.05) is 36.4 Å². The first kappa shape index (κ1) is 32.6. The molecule has 0 saturated carbocycles. The van der Waals surface area contributed by atoms with E-state index in [0.29, 0.717) is 48.2 Å². The first-order valence-corrected chi connectivity index (χ1v) is 16.9. The van der Waals surface area contributed by atoms with Crippen molar-refractivity contribution in [2.45, 2.75) is 38.4 Å². The number of carbonyl (C=O) groups is 4. The van der Waals surface area contributed by atoms with E-state index in [1.54, 1.807) is 68.6 Å². The van der Waals surface area contributed by atoms with E-state index in [-0.39, 0.29) is 30.4 Å². The molecule has 12 heteroatoms. The Morgan fingerprint density at radius 1 is 1.13 bits per heavy atom. The van der Waals surface area contributed by atoms with Crippen molar-refractivity contribution >= 4 is 39.1 Å². The van der Waals surface area contributed by atoms with Crippen molar-refractivity contribution in [3.05, 3.63) is 96.2 Å². The summed E-state index contributed by atoms with van der Waals surface area (Å²) in [6, 6.07) is 10.3. The zero-order valence-electron chi connectivity index (χ0n) is 25.7. The van der Waals surface area contributed by atoms with Crippen LogP contribution in [0.1, 0.15) is 52.7 Å². The highest BCUT2D eigenvalue weighted by molar-refractivity contribution is 7.95. The number of anilines is 1. The molecule has 1 N–H and O–H groups in total. The summed E-state index contributed by atoms with van der Waals surface area (Å²) in [5.74, 6) is -2.61. The van der Waals surface area contributed by atoms with Crippen LogP contribution < -0.4 is 5.32 Å². The molecule has 2 aliphatic rings. The summed E-state index contributed by atoms with van der Waals surface area (Å²) >= 11 is 0. The van der Waals surface area contributed by atoms with Crippen molar-refractivity contribution in [1.82, 2.24) is 9.88 Å². The second kappa shape index (κ2) is 14.5. The Hall–Kier alpha value is -4.84. The van der Waals surface area contributed by atoms with Crippen molar-refractivity contribution in [2.24, 2.45) is 10.3 Å². The van der Waals surface area contributed by atoms with Crippen molar-refractivity contribution in [3.63, 3.8) is 0 Å². The Balaban J connectivity index is 1.38. The third kappa shape index (κ3) is 7.68. The lowest BCUT2D eigenvalue weighted by Gasteiger charge is -2.32. The molecule has 2 aromatic heterocycles. The molecule has 3 heterocycles. The van der Waals surface area contributed by atoms with Gasteiger partial charge in [-0.2, -0.15) is 4.36 Å². The van der Waals surface area contributed by atoms with E-state index in [1.807, 2.05) is 12.2 Å². The van der Waals surface area contributed by atoms with Crippen molar-refractivity contribution < 1.29 is 32.5 Å². The van der Waals surface area contributed by atoms with Crippen molar-refractivity contribution in [1.29, 1.82) is 0 Å². The molecule has 0 bridgehead atoms.